The number of pyridine rings is 1. The number of hydrogen-bond donors (Lipinski definition) is 0. The number of carbonyl (C=O) groups is 1. The molecule has 0 atom stereocenters. The van der Waals surface area contributed by atoms with Gasteiger partial charge in [-0.3, -0.25) is 4.79 Å². The van der Waals surface area contributed by atoms with Gasteiger partial charge in [-0.2, -0.15) is 0 Å². The maximum absolute atomic E-state index is 12.6. The summed E-state index contributed by atoms with van der Waals surface area (Å²) >= 11 is 0. The van der Waals surface area contributed by atoms with Crippen LogP contribution in [0.3, 0.4) is 0 Å². The van der Waals surface area contributed by atoms with Gasteiger partial charge in [0.05, 0.1) is 0 Å². The number of rotatable bonds is 7. The van der Waals surface area contributed by atoms with Gasteiger partial charge in [0.2, 0.25) is 0 Å². The van der Waals surface area contributed by atoms with Crippen LogP contribution in [-0.2, 0) is 6.54 Å². The molecule has 0 aliphatic heterocycles. The van der Waals surface area contributed by atoms with Crippen LogP contribution in [0.1, 0.15) is 43.6 Å². The zero-order chi connectivity index (χ0) is 17.5. The third-order valence-electron chi connectivity index (χ3n) is 4.16. The summed E-state index contributed by atoms with van der Waals surface area (Å²) in [5.74, 6) is 0.902. The molecule has 0 fully saturated rings. The molecule has 0 aliphatic carbocycles. The smallest absolute Gasteiger partial charge is 0.254 e. The van der Waals surface area contributed by atoms with E-state index in [-0.39, 0.29) is 11.9 Å². The average Bonchev–Trinajstić information content (AvgIpc) is 2.61. The molecular weight excluding hydrogens is 298 g/mol. The maximum Gasteiger partial charge on any atom is 0.254 e. The zero-order valence-corrected chi connectivity index (χ0v) is 15.1. The van der Waals surface area contributed by atoms with Gasteiger partial charge in [0.25, 0.3) is 5.91 Å². The van der Waals surface area contributed by atoms with Crippen molar-refractivity contribution >= 4 is 11.7 Å². The highest BCUT2D eigenvalue weighted by Crippen LogP contribution is 2.19. The molecule has 0 spiro atoms. The van der Waals surface area contributed by atoms with Gasteiger partial charge in [-0.15, -0.1) is 0 Å². The predicted molar refractivity (Wildman–Crippen MR) is 99.2 cm³/mol. The van der Waals surface area contributed by atoms with Crippen molar-refractivity contribution in [2.24, 2.45) is 0 Å². The quantitative estimate of drug-likeness (QED) is 0.772. The van der Waals surface area contributed by atoms with Crippen LogP contribution >= 0.6 is 0 Å². The Morgan fingerprint density at radius 3 is 2.33 bits per heavy atom. The standard InChI is InChI=1S/C20H27N3O/c1-5-22(6-2)20(24)18-12-13-21-19(14-18)23(16(3)4)15-17-10-8-7-9-11-17/h7-14,16H,5-6,15H2,1-4H3. The van der Waals surface area contributed by atoms with Crippen molar-refractivity contribution in [3.05, 3.63) is 59.8 Å². The highest BCUT2D eigenvalue weighted by atomic mass is 16.2. The summed E-state index contributed by atoms with van der Waals surface area (Å²) in [5.41, 5.74) is 1.93. The van der Waals surface area contributed by atoms with E-state index in [1.165, 1.54) is 5.56 Å². The van der Waals surface area contributed by atoms with E-state index in [0.29, 0.717) is 18.7 Å². The molecule has 4 heteroatoms. The monoisotopic (exact) mass is 325 g/mol. The Labute approximate surface area is 145 Å². The Kier molecular flexibility index (Phi) is 6.36. The number of carbonyl (C=O) groups excluding carboxylic acids is 1. The van der Waals surface area contributed by atoms with E-state index >= 15 is 0 Å². The van der Waals surface area contributed by atoms with Crippen molar-refractivity contribution in [3.63, 3.8) is 0 Å². The molecule has 1 aromatic heterocycles. The summed E-state index contributed by atoms with van der Waals surface area (Å²) in [5, 5.41) is 0. The van der Waals surface area contributed by atoms with E-state index in [1.807, 2.05) is 43.0 Å². The SMILES string of the molecule is CCN(CC)C(=O)c1ccnc(N(Cc2ccccc2)C(C)C)c1. The molecule has 24 heavy (non-hydrogen) atoms. The minimum Gasteiger partial charge on any atom is -0.350 e. The zero-order valence-electron chi connectivity index (χ0n) is 15.1. The molecule has 0 aliphatic rings. The lowest BCUT2D eigenvalue weighted by atomic mass is 10.1. The lowest BCUT2D eigenvalue weighted by molar-refractivity contribution is 0.0773. The summed E-state index contributed by atoms with van der Waals surface area (Å²) in [6.45, 7) is 10.5. The van der Waals surface area contributed by atoms with E-state index in [2.05, 4.69) is 35.9 Å². The van der Waals surface area contributed by atoms with E-state index in [1.54, 1.807) is 12.3 Å². The van der Waals surface area contributed by atoms with Crippen LogP contribution in [0.2, 0.25) is 0 Å². The highest BCUT2D eigenvalue weighted by Gasteiger charge is 2.17. The van der Waals surface area contributed by atoms with Crippen LogP contribution in [0, 0.1) is 0 Å². The van der Waals surface area contributed by atoms with Crippen LogP contribution in [-0.4, -0.2) is 34.9 Å². The van der Waals surface area contributed by atoms with E-state index < -0.39 is 0 Å². The Morgan fingerprint density at radius 1 is 1.08 bits per heavy atom. The highest BCUT2D eigenvalue weighted by molar-refractivity contribution is 5.94. The molecule has 4 nitrogen and oxygen atoms in total. The number of aromatic nitrogens is 1. The van der Waals surface area contributed by atoms with Gasteiger partial charge in [0, 0.05) is 37.4 Å². The Balaban J connectivity index is 2.28. The molecule has 0 unspecified atom stereocenters. The van der Waals surface area contributed by atoms with E-state index in [9.17, 15) is 4.79 Å². The van der Waals surface area contributed by atoms with Crippen molar-refractivity contribution in [1.29, 1.82) is 0 Å². The predicted octanol–water partition coefficient (Wildman–Crippen LogP) is 3.98. The van der Waals surface area contributed by atoms with E-state index in [4.69, 9.17) is 0 Å². The normalized spacial score (nSPS) is 10.7. The average molecular weight is 325 g/mol. The van der Waals surface area contributed by atoms with E-state index in [0.717, 1.165) is 12.4 Å². The Morgan fingerprint density at radius 2 is 1.75 bits per heavy atom. The largest absolute Gasteiger partial charge is 0.350 e. The first-order valence-corrected chi connectivity index (χ1v) is 8.62. The second-order valence-corrected chi connectivity index (χ2v) is 6.09. The summed E-state index contributed by atoms with van der Waals surface area (Å²) in [4.78, 5) is 21.1. The topological polar surface area (TPSA) is 36.4 Å². The fourth-order valence-electron chi connectivity index (χ4n) is 2.71. The van der Waals surface area contributed by atoms with Crippen molar-refractivity contribution in [1.82, 2.24) is 9.88 Å². The van der Waals surface area contributed by atoms with Crippen molar-refractivity contribution in [3.8, 4) is 0 Å². The van der Waals surface area contributed by atoms with Crippen LogP contribution in [0.5, 0.6) is 0 Å². The van der Waals surface area contributed by atoms with Gasteiger partial charge in [-0.25, -0.2) is 4.98 Å². The molecule has 2 rings (SSSR count). The second-order valence-electron chi connectivity index (χ2n) is 6.09. The van der Waals surface area contributed by atoms with Crippen LogP contribution in [0.15, 0.2) is 48.7 Å². The maximum atomic E-state index is 12.6. The number of hydrogen-bond acceptors (Lipinski definition) is 3. The third-order valence-corrected chi connectivity index (χ3v) is 4.16. The molecule has 0 N–H and O–H groups in total. The van der Waals surface area contributed by atoms with Crippen molar-refractivity contribution in [2.45, 2.75) is 40.3 Å². The first-order valence-electron chi connectivity index (χ1n) is 8.62. The van der Waals surface area contributed by atoms with Gasteiger partial charge in [-0.1, -0.05) is 30.3 Å². The van der Waals surface area contributed by atoms with Gasteiger partial charge >= 0.3 is 0 Å². The number of nitrogens with zero attached hydrogens (tertiary/aromatic N) is 3. The number of amides is 1. The van der Waals surface area contributed by atoms with Gasteiger partial charge in [0.15, 0.2) is 0 Å². The van der Waals surface area contributed by atoms with Crippen LogP contribution < -0.4 is 4.90 Å². The second kappa shape index (κ2) is 8.48. The Bertz CT molecular complexity index is 651. The first-order chi connectivity index (χ1) is 11.6. The molecule has 0 saturated carbocycles. The Hall–Kier alpha value is -2.36. The summed E-state index contributed by atoms with van der Waals surface area (Å²) < 4.78 is 0. The van der Waals surface area contributed by atoms with Gasteiger partial charge < -0.3 is 9.80 Å². The van der Waals surface area contributed by atoms with Gasteiger partial charge in [0.1, 0.15) is 5.82 Å². The molecular formula is C20H27N3O. The molecule has 2 aromatic rings. The van der Waals surface area contributed by atoms with Gasteiger partial charge in [-0.05, 0) is 45.4 Å². The van der Waals surface area contributed by atoms with Crippen LogP contribution in [0.4, 0.5) is 5.82 Å². The lowest BCUT2D eigenvalue weighted by Gasteiger charge is -2.28. The molecule has 0 radical (unpaired) electrons. The van der Waals surface area contributed by atoms with Crippen LogP contribution in [0.25, 0.3) is 0 Å². The first kappa shape index (κ1) is 18.0. The number of anilines is 1. The van der Waals surface area contributed by atoms with Crippen molar-refractivity contribution in [2.75, 3.05) is 18.0 Å². The molecule has 0 saturated heterocycles. The summed E-state index contributed by atoms with van der Waals surface area (Å²) in [6.07, 6.45) is 1.73. The summed E-state index contributed by atoms with van der Waals surface area (Å²) in [7, 11) is 0. The molecule has 128 valence electrons. The molecule has 1 aromatic carbocycles. The number of benzene rings is 1. The minimum atomic E-state index is 0.0621. The minimum absolute atomic E-state index is 0.0621. The van der Waals surface area contributed by atoms with Crippen molar-refractivity contribution < 1.29 is 4.79 Å². The lowest BCUT2D eigenvalue weighted by Crippen LogP contribution is -2.32. The molecule has 1 heterocycles. The molecule has 1 amide bonds. The third kappa shape index (κ3) is 4.34. The molecule has 0 bridgehead atoms. The summed E-state index contributed by atoms with van der Waals surface area (Å²) in [6, 6.07) is 14.3. The fourth-order valence-corrected chi connectivity index (χ4v) is 2.71. The fraction of sp³-hybridized carbons (Fsp3) is 0.400.